The van der Waals surface area contributed by atoms with Crippen LogP contribution in [0.2, 0.25) is 0 Å². The van der Waals surface area contributed by atoms with Crippen LogP contribution in [0.1, 0.15) is 12.5 Å². The van der Waals surface area contributed by atoms with Crippen molar-refractivity contribution in [3.8, 4) is 0 Å². The summed E-state index contributed by atoms with van der Waals surface area (Å²) in [5, 5.41) is 0. The van der Waals surface area contributed by atoms with E-state index in [1.54, 1.807) is 0 Å². The van der Waals surface area contributed by atoms with Crippen molar-refractivity contribution in [2.24, 2.45) is 0 Å². The summed E-state index contributed by atoms with van der Waals surface area (Å²) < 4.78 is 5.12. The van der Waals surface area contributed by atoms with Crippen molar-refractivity contribution in [3.63, 3.8) is 0 Å². The normalized spacial score (nSPS) is 24.3. The minimum Gasteiger partial charge on any atom is -0.464 e. The number of benzene rings is 1. The number of carbonyl (C=O) groups excluding carboxylic acids is 1. The number of esters is 1. The van der Waals surface area contributed by atoms with E-state index in [1.807, 2.05) is 37.3 Å². The Kier molecular flexibility index (Phi) is 3.48. The van der Waals surface area contributed by atoms with Gasteiger partial charge in [0, 0.05) is 0 Å². The van der Waals surface area contributed by atoms with Gasteiger partial charge in [0.1, 0.15) is 0 Å². The molecule has 0 radical (unpaired) electrons. The fourth-order valence-electron chi connectivity index (χ4n) is 1.63. The highest BCUT2D eigenvalue weighted by atomic mass is 32.2. The molecule has 0 aromatic heterocycles. The molecular weight excluding hydrogens is 224 g/mol. The van der Waals surface area contributed by atoms with Crippen LogP contribution in [0.5, 0.6) is 0 Å². The van der Waals surface area contributed by atoms with E-state index in [9.17, 15) is 4.79 Å². The van der Waals surface area contributed by atoms with Crippen LogP contribution in [0.3, 0.4) is 0 Å². The summed E-state index contributed by atoms with van der Waals surface area (Å²) in [6, 6.07) is 9.59. The number of rotatable bonds is 3. The Hall–Kier alpha value is -1.04. The van der Waals surface area contributed by atoms with Crippen molar-refractivity contribution in [3.05, 3.63) is 35.9 Å². The third-order valence-electron chi connectivity index (χ3n) is 2.37. The van der Waals surface area contributed by atoms with E-state index in [0.717, 1.165) is 5.56 Å². The van der Waals surface area contributed by atoms with Crippen LogP contribution >= 0.6 is 11.8 Å². The van der Waals surface area contributed by atoms with Crippen molar-refractivity contribution in [1.29, 1.82) is 0 Å². The predicted octanol–water partition coefficient (Wildman–Crippen LogP) is 1.20. The Bertz CT molecular complexity index is 364. The van der Waals surface area contributed by atoms with Crippen LogP contribution in [-0.4, -0.2) is 18.5 Å². The maximum atomic E-state index is 12.0. The molecule has 0 aliphatic carbocycles. The van der Waals surface area contributed by atoms with Gasteiger partial charge in [-0.3, -0.25) is 0 Å². The number of hydrogen-bond acceptors (Lipinski definition) is 5. The van der Waals surface area contributed by atoms with Gasteiger partial charge in [0.05, 0.1) is 12.5 Å². The van der Waals surface area contributed by atoms with Crippen LogP contribution in [0.25, 0.3) is 0 Å². The Labute approximate surface area is 98.7 Å². The Balaban J connectivity index is 2.32. The lowest BCUT2D eigenvalue weighted by atomic mass is 10.1. The molecule has 0 spiro atoms. The predicted molar refractivity (Wildman–Crippen MR) is 63.5 cm³/mol. The third-order valence-corrected chi connectivity index (χ3v) is 3.59. The molecule has 1 aliphatic heterocycles. The molecule has 1 saturated heterocycles. The highest BCUT2D eigenvalue weighted by Crippen LogP contribution is 2.37. The van der Waals surface area contributed by atoms with Crippen molar-refractivity contribution >= 4 is 17.7 Å². The van der Waals surface area contributed by atoms with Crippen molar-refractivity contribution in [1.82, 2.24) is 10.9 Å². The van der Waals surface area contributed by atoms with Gasteiger partial charge < -0.3 is 4.74 Å². The first kappa shape index (κ1) is 11.4. The van der Waals surface area contributed by atoms with E-state index in [4.69, 9.17) is 4.74 Å². The Morgan fingerprint density at radius 3 is 2.81 bits per heavy atom. The molecule has 1 aromatic rings. The molecule has 5 heteroatoms. The van der Waals surface area contributed by atoms with E-state index < -0.39 is 4.87 Å². The first-order chi connectivity index (χ1) is 7.79. The van der Waals surface area contributed by atoms with Gasteiger partial charge in [-0.15, -0.1) is 11.8 Å². The number of ether oxygens (including phenoxy) is 1. The molecule has 0 bridgehead atoms. The SMILES string of the molecule is CCOC(=O)C1(c2ccccc2)NNCS1. The van der Waals surface area contributed by atoms with Crippen LogP contribution in [0, 0.1) is 0 Å². The standard InChI is InChI=1S/C11H14N2O2S/c1-2-15-10(14)11(13-12-8-16-11)9-6-4-3-5-7-9/h3-7,12-13H,2,8H2,1H3. The first-order valence-corrected chi connectivity index (χ1v) is 6.15. The molecule has 1 aliphatic rings. The lowest BCUT2D eigenvalue weighted by molar-refractivity contribution is -0.147. The van der Waals surface area contributed by atoms with Crippen LogP contribution < -0.4 is 10.9 Å². The maximum absolute atomic E-state index is 12.0. The molecule has 1 fully saturated rings. The second kappa shape index (κ2) is 4.86. The zero-order chi connectivity index (χ0) is 11.4. The Morgan fingerprint density at radius 1 is 1.50 bits per heavy atom. The molecule has 16 heavy (non-hydrogen) atoms. The fraction of sp³-hybridized carbons (Fsp3) is 0.364. The van der Waals surface area contributed by atoms with Gasteiger partial charge in [-0.2, -0.15) is 0 Å². The lowest BCUT2D eigenvalue weighted by Gasteiger charge is -2.25. The molecule has 0 saturated carbocycles. The van der Waals surface area contributed by atoms with Gasteiger partial charge in [-0.25, -0.2) is 15.6 Å². The maximum Gasteiger partial charge on any atom is 0.342 e. The second-order valence-corrected chi connectivity index (χ2v) is 4.55. The van der Waals surface area contributed by atoms with Gasteiger partial charge in [0.15, 0.2) is 0 Å². The summed E-state index contributed by atoms with van der Waals surface area (Å²) in [5.74, 6) is 0.421. The number of nitrogens with one attached hydrogen (secondary N) is 2. The van der Waals surface area contributed by atoms with E-state index >= 15 is 0 Å². The third kappa shape index (κ3) is 1.93. The average Bonchev–Trinajstić information content (AvgIpc) is 2.81. The summed E-state index contributed by atoms with van der Waals surface area (Å²) in [6.07, 6.45) is 0. The molecule has 2 rings (SSSR count). The zero-order valence-corrected chi connectivity index (χ0v) is 9.84. The number of carbonyl (C=O) groups is 1. The molecule has 1 heterocycles. The summed E-state index contributed by atoms with van der Waals surface area (Å²) in [6.45, 7) is 2.19. The van der Waals surface area contributed by atoms with Gasteiger partial charge in [-0.05, 0) is 12.5 Å². The minimum absolute atomic E-state index is 0.254. The Morgan fingerprint density at radius 2 is 2.25 bits per heavy atom. The van der Waals surface area contributed by atoms with Crippen LogP contribution in [0.4, 0.5) is 0 Å². The summed E-state index contributed by atoms with van der Waals surface area (Å²) >= 11 is 1.49. The molecule has 0 amide bonds. The molecular formula is C11H14N2O2S. The van der Waals surface area contributed by atoms with Gasteiger partial charge in [-0.1, -0.05) is 30.3 Å². The highest BCUT2D eigenvalue weighted by molar-refractivity contribution is 8.01. The largest absolute Gasteiger partial charge is 0.464 e. The number of thioether (sulfide) groups is 1. The van der Waals surface area contributed by atoms with E-state index in [0.29, 0.717) is 12.5 Å². The van der Waals surface area contributed by atoms with Crippen LogP contribution in [0.15, 0.2) is 30.3 Å². The van der Waals surface area contributed by atoms with E-state index in [2.05, 4.69) is 10.9 Å². The van der Waals surface area contributed by atoms with E-state index in [1.165, 1.54) is 11.8 Å². The smallest absolute Gasteiger partial charge is 0.342 e. The zero-order valence-electron chi connectivity index (χ0n) is 9.03. The van der Waals surface area contributed by atoms with Gasteiger partial charge in [0.2, 0.25) is 4.87 Å². The summed E-state index contributed by atoms with van der Waals surface area (Å²) in [5.41, 5.74) is 6.88. The molecule has 2 N–H and O–H groups in total. The van der Waals surface area contributed by atoms with Crippen molar-refractivity contribution in [2.45, 2.75) is 11.8 Å². The van der Waals surface area contributed by atoms with E-state index in [-0.39, 0.29) is 5.97 Å². The summed E-state index contributed by atoms with van der Waals surface area (Å²) in [7, 11) is 0. The quantitative estimate of drug-likeness (QED) is 0.775. The second-order valence-electron chi connectivity index (χ2n) is 3.36. The summed E-state index contributed by atoms with van der Waals surface area (Å²) in [4.78, 5) is 11.2. The molecule has 1 aromatic carbocycles. The monoisotopic (exact) mass is 238 g/mol. The fourth-order valence-corrected chi connectivity index (χ4v) is 2.61. The lowest BCUT2D eigenvalue weighted by Crippen LogP contribution is -2.47. The van der Waals surface area contributed by atoms with Crippen LogP contribution in [-0.2, 0) is 14.4 Å². The molecule has 4 nitrogen and oxygen atoms in total. The first-order valence-electron chi connectivity index (χ1n) is 5.16. The molecule has 1 unspecified atom stereocenters. The minimum atomic E-state index is -0.808. The highest BCUT2D eigenvalue weighted by Gasteiger charge is 2.45. The number of hydrogen-bond donors (Lipinski definition) is 2. The topological polar surface area (TPSA) is 50.4 Å². The van der Waals surface area contributed by atoms with Crippen molar-refractivity contribution in [2.75, 3.05) is 12.5 Å². The van der Waals surface area contributed by atoms with Crippen molar-refractivity contribution < 1.29 is 9.53 Å². The molecule has 86 valence electrons. The van der Waals surface area contributed by atoms with Gasteiger partial charge in [0.25, 0.3) is 0 Å². The number of hydrazine groups is 1. The molecule has 1 atom stereocenters. The average molecular weight is 238 g/mol. The van der Waals surface area contributed by atoms with Gasteiger partial charge >= 0.3 is 5.97 Å².